The summed E-state index contributed by atoms with van der Waals surface area (Å²) in [5, 5.41) is 82.0. The number of ether oxygens (including phenoxy) is 3. The number of rotatable bonds is 13. The van der Waals surface area contributed by atoms with Gasteiger partial charge in [0.2, 0.25) is 0 Å². The van der Waals surface area contributed by atoms with Gasteiger partial charge < -0.3 is 64.5 Å². The molecule has 19 atom stereocenters. The minimum atomic E-state index is -5.14. The molecule has 0 aromatic carbocycles. The van der Waals surface area contributed by atoms with Crippen molar-refractivity contribution >= 4 is 7.82 Å². The number of phosphoric acid groups is 1. The zero-order chi connectivity index (χ0) is 40.2. The van der Waals surface area contributed by atoms with Gasteiger partial charge in [-0.2, -0.15) is 0 Å². The summed E-state index contributed by atoms with van der Waals surface area (Å²) in [6.45, 7) is 9.46. The average Bonchev–Trinajstić information content (AvgIpc) is 3.48. The first-order valence-electron chi connectivity index (χ1n) is 20.4. The van der Waals surface area contributed by atoms with Gasteiger partial charge in [0.15, 0.2) is 12.6 Å². The topological polar surface area (TPSA) is 248 Å². The van der Waals surface area contributed by atoms with Crippen LogP contribution in [0.2, 0.25) is 0 Å². The molecular weight excluding hydrogens is 762 g/mol. The van der Waals surface area contributed by atoms with E-state index in [4.69, 9.17) is 23.3 Å². The van der Waals surface area contributed by atoms with Gasteiger partial charge in [-0.15, -0.1) is 0 Å². The van der Waals surface area contributed by atoms with Crippen molar-refractivity contribution in [2.75, 3.05) is 13.2 Å². The van der Waals surface area contributed by atoms with Crippen LogP contribution in [0.4, 0.5) is 0 Å². The van der Waals surface area contributed by atoms with E-state index in [0.29, 0.717) is 47.8 Å². The van der Waals surface area contributed by atoms with E-state index in [0.717, 1.165) is 38.5 Å². The second-order valence-corrected chi connectivity index (χ2v) is 20.0. The molecule has 8 N–H and O–H groups in total. The number of aliphatic hydroxyl groups excluding tert-OH is 7. The van der Waals surface area contributed by atoms with Gasteiger partial charge in [-0.3, -0.25) is 9.09 Å². The standard InChI is InChI=1S/C39H67O15P.Na/c1-20(7-6-14-37(2,3)47)24-10-11-25-23-9-8-21-17-22(12-15-38(21,4)26(23)13-16-39(24,25)5)53-55(48,49)54-36-33(46)31(44)34(28(19-41)51-36)52-35-32(45)30(43)29(42)27(18-40)50-35;/h8,20,22-36,40-47H,6-7,9-19H2,1-5H3,(H,48,49);/q;+1/p-1/t20-,22+,23+,24-,25+,26+,27-,28-,29-,30+,31-,32-,33-,34-,35+,36-,38+,39-;/m1./s1. The molecule has 0 aromatic heterocycles. The third kappa shape index (κ3) is 9.56. The van der Waals surface area contributed by atoms with E-state index in [1.54, 1.807) is 0 Å². The second kappa shape index (κ2) is 18.4. The fraction of sp³-hybridized carbons (Fsp3) is 0.949. The van der Waals surface area contributed by atoms with Crippen LogP contribution < -0.4 is 34.5 Å². The molecule has 15 nitrogen and oxygen atoms in total. The van der Waals surface area contributed by atoms with Gasteiger partial charge in [-0.25, -0.2) is 0 Å². The molecule has 1 unspecified atom stereocenters. The number of fused-ring (bicyclic) bond motifs is 5. The molecule has 0 spiro atoms. The van der Waals surface area contributed by atoms with Crippen molar-refractivity contribution in [3.8, 4) is 0 Å². The summed E-state index contributed by atoms with van der Waals surface area (Å²) >= 11 is 0. The first kappa shape index (κ1) is 47.5. The molecule has 0 amide bonds. The first-order chi connectivity index (χ1) is 25.7. The number of aliphatic hydroxyl groups is 8. The monoisotopic (exact) mass is 828 g/mol. The van der Waals surface area contributed by atoms with E-state index in [-0.39, 0.29) is 35.0 Å². The van der Waals surface area contributed by atoms with Crippen LogP contribution in [0.5, 0.6) is 0 Å². The maximum atomic E-state index is 13.3. The molecule has 0 aromatic rings. The Morgan fingerprint density at radius 3 is 2.21 bits per heavy atom. The van der Waals surface area contributed by atoms with E-state index in [9.17, 15) is 50.3 Å². The Kier molecular flexibility index (Phi) is 15.6. The molecule has 0 radical (unpaired) electrons. The minimum Gasteiger partial charge on any atom is -0.756 e. The third-order valence-corrected chi connectivity index (χ3v) is 15.8. The summed E-state index contributed by atoms with van der Waals surface area (Å²) in [5.74, 6) is 3.02. The fourth-order valence-corrected chi connectivity index (χ4v) is 12.8. The van der Waals surface area contributed by atoms with Gasteiger partial charge in [-0.05, 0) is 112 Å². The van der Waals surface area contributed by atoms with Crippen molar-refractivity contribution < 1.29 is 103 Å². The second-order valence-electron chi connectivity index (χ2n) is 18.7. The zero-order valence-electron chi connectivity index (χ0n) is 33.9. The van der Waals surface area contributed by atoms with Crippen LogP contribution in [0.1, 0.15) is 105 Å². The quantitative estimate of drug-likeness (QED) is 0.0607. The molecule has 0 bridgehead atoms. The Morgan fingerprint density at radius 2 is 1.55 bits per heavy atom. The van der Waals surface area contributed by atoms with Crippen LogP contribution in [0.15, 0.2) is 11.6 Å². The van der Waals surface area contributed by atoms with Crippen molar-refractivity contribution in [3.63, 3.8) is 0 Å². The molecule has 2 saturated heterocycles. The van der Waals surface area contributed by atoms with Crippen molar-refractivity contribution in [1.82, 2.24) is 0 Å². The molecule has 6 aliphatic rings. The fourth-order valence-electron chi connectivity index (χ4n) is 11.7. The minimum absolute atomic E-state index is 0. The molecule has 56 heavy (non-hydrogen) atoms. The van der Waals surface area contributed by atoms with Crippen molar-refractivity contribution in [2.24, 2.45) is 40.4 Å². The summed E-state index contributed by atoms with van der Waals surface area (Å²) in [4.78, 5) is 13.3. The van der Waals surface area contributed by atoms with E-state index < -0.39 is 94.2 Å². The van der Waals surface area contributed by atoms with Crippen LogP contribution in [0.25, 0.3) is 0 Å². The molecule has 318 valence electrons. The van der Waals surface area contributed by atoms with Crippen LogP contribution in [0.3, 0.4) is 0 Å². The zero-order valence-corrected chi connectivity index (χ0v) is 36.8. The number of phosphoric ester groups is 1. The maximum absolute atomic E-state index is 13.3. The number of hydrogen-bond donors (Lipinski definition) is 8. The van der Waals surface area contributed by atoms with Gasteiger partial charge in [0, 0.05) is 0 Å². The van der Waals surface area contributed by atoms with Gasteiger partial charge in [-0.1, -0.05) is 45.3 Å². The molecule has 2 aliphatic heterocycles. The molecule has 4 aliphatic carbocycles. The summed E-state index contributed by atoms with van der Waals surface area (Å²) in [5.41, 5.74) is 0.810. The van der Waals surface area contributed by atoms with E-state index in [2.05, 4.69) is 26.8 Å². The molecule has 17 heteroatoms. The van der Waals surface area contributed by atoms with Crippen LogP contribution in [-0.2, 0) is 27.8 Å². The van der Waals surface area contributed by atoms with Gasteiger partial charge in [0.1, 0.15) is 48.8 Å². The Balaban J connectivity index is 0.00000600. The molecule has 5 fully saturated rings. The van der Waals surface area contributed by atoms with Crippen molar-refractivity contribution in [1.29, 1.82) is 0 Å². The Bertz CT molecular complexity index is 1400. The van der Waals surface area contributed by atoms with E-state index >= 15 is 0 Å². The molecule has 6 rings (SSSR count). The normalized spacial score (nSPS) is 47.0. The van der Waals surface area contributed by atoms with Crippen LogP contribution in [-0.4, -0.2) is 127 Å². The van der Waals surface area contributed by atoms with Gasteiger partial charge in [0.25, 0.3) is 7.82 Å². The maximum Gasteiger partial charge on any atom is 1.00 e. The van der Waals surface area contributed by atoms with Crippen LogP contribution >= 0.6 is 7.82 Å². The third-order valence-electron chi connectivity index (χ3n) is 14.7. The predicted molar refractivity (Wildman–Crippen MR) is 194 cm³/mol. The molecule has 2 heterocycles. The summed E-state index contributed by atoms with van der Waals surface area (Å²) in [6.07, 6.45) is -5.27. The number of allylic oxidation sites excluding steroid dienone is 1. The Hall–Kier alpha value is 0.410. The average molecular weight is 829 g/mol. The largest absolute Gasteiger partial charge is 1.00 e. The van der Waals surface area contributed by atoms with Crippen molar-refractivity contribution in [3.05, 3.63) is 11.6 Å². The molecular formula is C39H66NaO15P. The summed E-state index contributed by atoms with van der Waals surface area (Å²) in [6, 6.07) is 0. The van der Waals surface area contributed by atoms with Gasteiger partial charge in [0.05, 0.1) is 24.9 Å². The van der Waals surface area contributed by atoms with Crippen LogP contribution in [0, 0.1) is 40.4 Å². The Labute approximate surface area is 353 Å². The van der Waals surface area contributed by atoms with E-state index in [1.807, 2.05) is 13.8 Å². The predicted octanol–water partition coefficient (Wildman–Crippen LogP) is -1.36. The summed E-state index contributed by atoms with van der Waals surface area (Å²) in [7, 11) is -5.14. The smallest absolute Gasteiger partial charge is 0.756 e. The molecule has 3 saturated carbocycles. The number of hydrogen-bond acceptors (Lipinski definition) is 15. The first-order valence-corrected chi connectivity index (χ1v) is 21.9. The van der Waals surface area contributed by atoms with Gasteiger partial charge >= 0.3 is 29.6 Å². The Morgan fingerprint density at radius 1 is 0.893 bits per heavy atom. The van der Waals surface area contributed by atoms with E-state index in [1.165, 1.54) is 24.8 Å². The SMILES string of the molecule is C[C@H](CCCC(C)(C)O)[C@H]1CC[C@H]2[C@@H]3CC=C4C[C@@H](OP(=O)([O-])O[C@H]5O[C@H](CO)[C@@H](O[C@@H]6O[C@H](CO)[C@@H](O)[C@H](O)[C@H]6O)[C@H](O)[C@H]5O)CC[C@]4(C)[C@H]3CC[C@]12C.[Na+]. The summed E-state index contributed by atoms with van der Waals surface area (Å²) < 4.78 is 40.4. The van der Waals surface area contributed by atoms with Crippen molar-refractivity contribution in [2.45, 2.75) is 178 Å².